The molecule has 1 atom stereocenters. The molecule has 12 heteroatoms. The van der Waals surface area contributed by atoms with Gasteiger partial charge in [-0.1, -0.05) is 17.3 Å². The number of likely N-dealkylation sites (N-methyl/N-ethyl adjacent to an activating group) is 1. The van der Waals surface area contributed by atoms with Crippen LogP contribution in [-0.2, 0) is 10.0 Å². The molecule has 3 N–H and O–H groups in total. The van der Waals surface area contributed by atoms with Crippen LogP contribution in [0.3, 0.4) is 0 Å². The highest BCUT2D eigenvalue weighted by molar-refractivity contribution is 7.89. The monoisotopic (exact) mass is 530 g/mol. The summed E-state index contributed by atoms with van der Waals surface area (Å²) in [6.45, 7) is 8.62. The maximum Gasteiger partial charge on any atom is 0.213 e. The van der Waals surface area contributed by atoms with Crippen LogP contribution in [0, 0.1) is 20.8 Å². The lowest BCUT2D eigenvalue weighted by molar-refractivity contribution is 0.108. The van der Waals surface area contributed by atoms with Gasteiger partial charge in [0.2, 0.25) is 10.0 Å². The number of hydrogen-bond acceptors (Lipinski definition) is 10. The van der Waals surface area contributed by atoms with Crippen LogP contribution < -0.4 is 15.4 Å². The van der Waals surface area contributed by atoms with Crippen LogP contribution in [0.2, 0.25) is 0 Å². The highest BCUT2D eigenvalue weighted by Crippen LogP contribution is 2.34. The van der Waals surface area contributed by atoms with Crippen LogP contribution >= 0.6 is 0 Å². The zero-order chi connectivity index (χ0) is 26.7. The van der Waals surface area contributed by atoms with Gasteiger partial charge in [0, 0.05) is 30.8 Å². The Labute approximate surface area is 217 Å². The number of aliphatic hydroxyl groups excluding tert-OH is 1. The molecule has 3 heterocycles. The van der Waals surface area contributed by atoms with Crippen molar-refractivity contribution < 1.29 is 22.8 Å². The molecule has 2 aromatic heterocycles. The van der Waals surface area contributed by atoms with Gasteiger partial charge in [-0.15, -0.1) is 0 Å². The second kappa shape index (κ2) is 11.1. The average molecular weight is 531 g/mol. The van der Waals surface area contributed by atoms with Gasteiger partial charge in [-0.2, -0.15) is 4.31 Å². The number of ether oxygens (including phenoxy) is 1. The van der Waals surface area contributed by atoms with Crippen LogP contribution in [0.4, 0.5) is 5.82 Å². The van der Waals surface area contributed by atoms with Crippen LogP contribution in [0.1, 0.15) is 23.9 Å². The van der Waals surface area contributed by atoms with Crippen molar-refractivity contribution in [3.05, 3.63) is 41.3 Å². The number of rotatable bonds is 11. The van der Waals surface area contributed by atoms with Gasteiger partial charge in [0.05, 0.1) is 28.7 Å². The summed E-state index contributed by atoms with van der Waals surface area (Å²) in [4.78, 5) is 9.69. The predicted molar refractivity (Wildman–Crippen MR) is 141 cm³/mol. The molecule has 200 valence electrons. The minimum Gasteiger partial charge on any atom is -0.491 e. The molecule has 3 aromatic rings. The first-order valence-electron chi connectivity index (χ1n) is 12.2. The molecule has 4 rings (SSSR count). The van der Waals surface area contributed by atoms with Gasteiger partial charge in [-0.05, 0) is 46.9 Å². The fourth-order valence-electron chi connectivity index (χ4n) is 4.20. The highest BCUT2D eigenvalue weighted by atomic mass is 32.2. The van der Waals surface area contributed by atoms with Gasteiger partial charge in [0.25, 0.3) is 0 Å². The van der Waals surface area contributed by atoms with E-state index in [0.717, 1.165) is 22.4 Å². The number of nitrogens with zero attached hydrogens (tertiary/aromatic N) is 4. The zero-order valence-electron chi connectivity index (χ0n) is 21.8. The van der Waals surface area contributed by atoms with Crippen molar-refractivity contribution in [3.8, 4) is 28.4 Å². The Hall–Kier alpha value is -3.06. The summed E-state index contributed by atoms with van der Waals surface area (Å²) < 4.78 is 37.0. The van der Waals surface area contributed by atoms with E-state index in [-0.39, 0.29) is 18.4 Å². The molecule has 1 aliphatic heterocycles. The van der Waals surface area contributed by atoms with Crippen molar-refractivity contribution in [3.63, 3.8) is 0 Å². The first-order chi connectivity index (χ1) is 17.6. The number of hydrogen-bond donors (Lipinski definition) is 3. The van der Waals surface area contributed by atoms with Crippen molar-refractivity contribution >= 4 is 15.8 Å². The second-order valence-corrected chi connectivity index (χ2v) is 11.4. The Bertz CT molecular complexity index is 1330. The van der Waals surface area contributed by atoms with Gasteiger partial charge in [-0.25, -0.2) is 18.4 Å². The Morgan fingerprint density at radius 3 is 2.65 bits per heavy atom. The molecule has 0 radical (unpaired) electrons. The molecule has 0 amide bonds. The smallest absolute Gasteiger partial charge is 0.213 e. The normalized spacial score (nSPS) is 15.4. The van der Waals surface area contributed by atoms with Crippen LogP contribution in [0.15, 0.2) is 28.8 Å². The summed E-state index contributed by atoms with van der Waals surface area (Å²) in [6, 6.07) is 7.32. The van der Waals surface area contributed by atoms with Crippen molar-refractivity contribution in [1.82, 2.24) is 24.7 Å². The first kappa shape index (κ1) is 27.0. The molecule has 1 unspecified atom stereocenters. The van der Waals surface area contributed by atoms with Crippen molar-refractivity contribution in [1.29, 1.82) is 0 Å². The van der Waals surface area contributed by atoms with Gasteiger partial charge in [0.15, 0.2) is 5.82 Å². The Balaban J connectivity index is 1.67. The molecule has 0 bridgehead atoms. The van der Waals surface area contributed by atoms with Crippen molar-refractivity contribution in [2.75, 3.05) is 44.4 Å². The molecule has 0 spiro atoms. The molecule has 1 aromatic carbocycles. The minimum absolute atomic E-state index is 0.0661. The fourth-order valence-corrected chi connectivity index (χ4v) is 5.37. The largest absolute Gasteiger partial charge is 0.491 e. The SMILES string of the molecule is CCS(=O)(=O)N1CC(Nc2nc(-c3cccc(OCC(O)CNC)c3)nc(-c3c(C)noc3C)c2C)C1. The Morgan fingerprint density at radius 1 is 1.24 bits per heavy atom. The van der Waals surface area contributed by atoms with Crippen molar-refractivity contribution in [2.45, 2.75) is 39.8 Å². The molecule has 37 heavy (non-hydrogen) atoms. The lowest BCUT2D eigenvalue weighted by Gasteiger charge is -2.38. The Kier molecular flexibility index (Phi) is 8.12. The van der Waals surface area contributed by atoms with Gasteiger partial charge in [0.1, 0.15) is 30.0 Å². The van der Waals surface area contributed by atoms with E-state index in [9.17, 15) is 13.5 Å². The number of aliphatic hydroxyl groups is 1. The van der Waals surface area contributed by atoms with Gasteiger partial charge < -0.3 is 25.0 Å². The molecule has 1 aliphatic rings. The van der Waals surface area contributed by atoms with Crippen molar-refractivity contribution in [2.24, 2.45) is 0 Å². The third-order valence-electron chi connectivity index (χ3n) is 6.34. The van der Waals surface area contributed by atoms with Crippen LogP contribution in [0.25, 0.3) is 22.6 Å². The number of sulfonamides is 1. The maximum absolute atomic E-state index is 12.2. The molecule has 1 fully saturated rings. The van der Waals surface area contributed by atoms with E-state index >= 15 is 0 Å². The average Bonchev–Trinajstić information content (AvgIpc) is 3.18. The fraction of sp³-hybridized carbons (Fsp3) is 0.480. The van der Waals surface area contributed by atoms with Crippen LogP contribution in [-0.4, -0.2) is 84.1 Å². The van der Waals surface area contributed by atoms with E-state index in [4.69, 9.17) is 19.2 Å². The lowest BCUT2D eigenvalue weighted by atomic mass is 10.0. The minimum atomic E-state index is -3.22. The third-order valence-corrected chi connectivity index (χ3v) is 8.15. The predicted octanol–water partition coefficient (Wildman–Crippen LogP) is 2.13. The summed E-state index contributed by atoms with van der Waals surface area (Å²) in [7, 11) is -1.45. The van der Waals surface area contributed by atoms with E-state index in [1.165, 1.54) is 4.31 Å². The van der Waals surface area contributed by atoms with Crippen LogP contribution in [0.5, 0.6) is 5.75 Å². The lowest BCUT2D eigenvalue weighted by Crippen LogP contribution is -2.57. The molecule has 11 nitrogen and oxygen atoms in total. The van der Waals surface area contributed by atoms with E-state index in [1.807, 2.05) is 45.0 Å². The standard InChI is InChI=1S/C25H34N6O5S/c1-6-37(33,34)31-12-19(13-31)27-24-15(2)23(22-16(3)30-36-17(22)4)28-25(29-24)18-8-7-9-21(10-18)35-14-20(32)11-26-5/h7-10,19-20,26,32H,6,11-14H2,1-5H3,(H,27,28,29). The number of nitrogens with one attached hydrogen (secondary N) is 2. The summed E-state index contributed by atoms with van der Waals surface area (Å²) in [5.41, 5.74) is 3.76. The number of anilines is 1. The summed E-state index contributed by atoms with van der Waals surface area (Å²) >= 11 is 0. The van der Waals surface area contributed by atoms with Gasteiger partial charge in [-0.3, -0.25) is 0 Å². The summed E-state index contributed by atoms with van der Waals surface area (Å²) in [5.74, 6) is 2.41. The summed E-state index contributed by atoms with van der Waals surface area (Å²) in [5, 5.41) is 20.4. The number of benzene rings is 1. The van der Waals surface area contributed by atoms with E-state index in [0.29, 0.717) is 48.5 Å². The first-order valence-corrected chi connectivity index (χ1v) is 13.9. The Morgan fingerprint density at radius 2 is 2.00 bits per heavy atom. The summed E-state index contributed by atoms with van der Waals surface area (Å²) in [6.07, 6.45) is -0.634. The third kappa shape index (κ3) is 5.93. The van der Waals surface area contributed by atoms with Gasteiger partial charge >= 0.3 is 0 Å². The maximum atomic E-state index is 12.2. The van der Waals surface area contributed by atoms with E-state index in [2.05, 4.69) is 15.8 Å². The highest BCUT2D eigenvalue weighted by Gasteiger charge is 2.35. The molecular formula is C25H34N6O5S. The number of aryl methyl sites for hydroxylation is 2. The quantitative estimate of drug-likeness (QED) is 0.337. The zero-order valence-corrected chi connectivity index (χ0v) is 22.6. The van der Waals surface area contributed by atoms with E-state index in [1.54, 1.807) is 14.0 Å². The van der Waals surface area contributed by atoms with E-state index < -0.39 is 16.1 Å². The molecular weight excluding hydrogens is 496 g/mol. The molecule has 1 saturated heterocycles. The number of aromatic nitrogens is 3. The topological polar surface area (TPSA) is 143 Å². The molecule has 0 saturated carbocycles. The molecule has 0 aliphatic carbocycles. The second-order valence-electron chi connectivity index (χ2n) is 9.18.